The molecule has 7 heteroatoms. The number of carboxylic acid groups (broad SMARTS) is 1. The maximum absolute atomic E-state index is 10.3. The van der Waals surface area contributed by atoms with Crippen molar-refractivity contribution in [3.05, 3.63) is 27.5 Å². The molecule has 84 valence electrons. The molecule has 16 heavy (non-hydrogen) atoms. The van der Waals surface area contributed by atoms with Gasteiger partial charge in [0.15, 0.2) is 5.58 Å². The van der Waals surface area contributed by atoms with Crippen LogP contribution < -0.4 is 5.32 Å². The maximum Gasteiger partial charge on any atom is 0.405 e. The zero-order chi connectivity index (χ0) is 11.7. The average Bonchev–Trinajstić information content (AvgIpc) is 2.57. The molecule has 0 spiro atoms. The van der Waals surface area contributed by atoms with Crippen LogP contribution in [-0.4, -0.2) is 16.2 Å². The largest absolute Gasteiger partial charge is 0.465 e. The molecule has 0 radical (unpaired) electrons. The number of amides is 1. The highest BCUT2D eigenvalue weighted by atomic mass is 79.9. The van der Waals surface area contributed by atoms with E-state index >= 15 is 0 Å². The molecule has 1 aromatic carbocycles. The van der Waals surface area contributed by atoms with Crippen LogP contribution in [0, 0.1) is 0 Å². The number of nitrogens with zero attached hydrogens (tertiary/aromatic N) is 1. The van der Waals surface area contributed by atoms with Crippen LogP contribution >= 0.6 is 27.5 Å². The van der Waals surface area contributed by atoms with E-state index in [4.69, 9.17) is 21.1 Å². The van der Waals surface area contributed by atoms with Gasteiger partial charge in [-0.1, -0.05) is 27.5 Å². The number of carbonyl (C=O) groups is 1. The van der Waals surface area contributed by atoms with Gasteiger partial charge in [0.1, 0.15) is 5.52 Å². The predicted molar refractivity (Wildman–Crippen MR) is 61.6 cm³/mol. The number of rotatable bonds is 2. The first-order valence-electron chi connectivity index (χ1n) is 4.27. The number of nitrogens with one attached hydrogen (secondary N) is 1. The highest BCUT2D eigenvalue weighted by Gasteiger charge is 2.10. The van der Waals surface area contributed by atoms with Gasteiger partial charge in [0.25, 0.3) is 0 Å². The van der Waals surface area contributed by atoms with Crippen molar-refractivity contribution >= 4 is 44.7 Å². The lowest BCUT2D eigenvalue weighted by atomic mass is 10.3. The Hall–Kier alpha value is -1.27. The number of benzene rings is 1. The molecule has 0 saturated carbocycles. The van der Waals surface area contributed by atoms with E-state index in [1.165, 1.54) is 0 Å². The molecule has 1 aromatic heterocycles. The van der Waals surface area contributed by atoms with Crippen LogP contribution in [0.1, 0.15) is 5.89 Å². The molecule has 1 heterocycles. The van der Waals surface area contributed by atoms with Crippen LogP contribution in [0.2, 0.25) is 5.02 Å². The maximum atomic E-state index is 10.3. The van der Waals surface area contributed by atoms with E-state index in [9.17, 15) is 4.79 Å². The van der Waals surface area contributed by atoms with E-state index in [2.05, 4.69) is 26.2 Å². The van der Waals surface area contributed by atoms with Crippen molar-refractivity contribution in [2.45, 2.75) is 6.54 Å². The molecule has 5 nitrogen and oxygen atoms in total. The standard InChI is InChI=1S/C9H6BrClN2O3/c10-4-1-5(11)8-6(2-4)13-7(16-8)3-12-9(14)15/h1-2,12H,3H2,(H,14,15). The first-order chi connectivity index (χ1) is 7.56. The zero-order valence-corrected chi connectivity index (χ0v) is 10.2. The minimum atomic E-state index is -1.13. The van der Waals surface area contributed by atoms with E-state index < -0.39 is 6.09 Å². The number of oxazole rings is 1. The fourth-order valence-electron chi connectivity index (χ4n) is 1.23. The van der Waals surface area contributed by atoms with Crippen LogP contribution in [0.4, 0.5) is 4.79 Å². The first-order valence-corrected chi connectivity index (χ1v) is 5.44. The van der Waals surface area contributed by atoms with Gasteiger partial charge in [-0.15, -0.1) is 0 Å². The van der Waals surface area contributed by atoms with Gasteiger partial charge in [-0.3, -0.25) is 0 Å². The summed E-state index contributed by atoms with van der Waals surface area (Å²) in [5.74, 6) is 0.275. The van der Waals surface area contributed by atoms with Gasteiger partial charge in [0, 0.05) is 4.47 Å². The first kappa shape index (κ1) is 11.2. The Morgan fingerprint density at radius 3 is 3.06 bits per heavy atom. The van der Waals surface area contributed by atoms with Crippen molar-refractivity contribution in [1.82, 2.24) is 10.3 Å². The minimum Gasteiger partial charge on any atom is -0.465 e. The Labute approximate surface area is 104 Å². The van der Waals surface area contributed by atoms with Crippen LogP contribution in [0.15, 0.2) is 21.0 Å². The zero-order valence-electron chi connectivity index (χ0n) is 7.83. The Balaban J connectivity index is 2.36. The van der Waals surface area contributed by atoms with Gasteiger partial charge in [0.05, 0.1) is 11.6 Å². The number of halogens is 2. The number of hydrogen-bond acceptors (Lipinski definition) is 3. The van der Waals surface area contributed by atoms with Crippen molar-refractivity contribution in [2.24, 2.45) is 0 Å². The molecule has 0 unspecified atom stereocenters. The Kier molecular flexibility index (Phi) is 3.02. The Morgan fingerprint density at radius 1 is 1.62 bits per heavy atom. The minimum absolute atomic E-state index is 0.0119. The normalized spacial score (nSPS) is 10.6. The van der Waals surface area contributed by atoms with Crippen molar-refractivity contribution < 1.29 is 14.3 Å². The monoisotopic (exact) mass is 304 g/mol. The molecule has 1 amide bonds. The summed E-state index contributed by atoms with van der Waals surface area (Å²) in [5.41, 5.74) is 1.04. The highest BCUT2D eigenvalue weighted by Crippen LogP contribution is 2.28. The van der Waals surface area contributed by atoms with Gasteiger partial charge in [-0.25, -0.2) is 9.78 Å². The summed E-state index contributed by atoms with van der Waals surface area (Å²) >= 11 is 9.22. The summed E-state index contributed by atoms with van der Waals surface area (Å²) in [4.78, 5) is 14.4. The molecule has 0 aliphatic rings. The van der Waals surface area contributed by atoms with E-state index in [0.717, 1.165) is 4.47 Å². The molecular weight excluding hydrogens is 299 g/mol. The molecule has 0 aliphatic heterocycles. The van der Waals surface area contributed by atoms with Crippen LogP contribution in [0.3, 0.4) is 0 Å². The molecule has 2 N–H and O–H groups in total. The smallest absolute Gasteiger partial charge is 0.405 e. The molecule has 0 bridgehead atoms. The SMILES string of the molecule is O=C(O)NCc1nc2cc(Br)cc(Cl)c2o1. The van der Waals surface area contributed by atoms with E-state index in [0.29, 0.717) is 16.1 Å². The average molecular weight is 306 g/mol. The van der Waals surface area contributed by atoms with Crippen LogP contribution in [-0.2, 0) is 6.54 Å². The second-order valence-electron chi connectivity index (χ2n) is 3.00. The fourth-order valence-corrected chi connectivity index (χ4v) is 2.06. The van der Waals surface area contributed by atoms with Crippen molar-refractivity contribution in [3.63, 3.8) is 0 Å². The molecular formula is C9H6BrClN2O3. The molecule has 0 saturated heterocycles. The summed E-state index contributed by atoms with van der Waals surface area (Å²) in [7, 11) is 0. The van der Waals surface area contributed by atoms with E-state index in [1.807, 2.05) is 0 Å². The number of hydrogen-bond donors (Lipinski definition) is 2. The summed E-state index contributed by atoms with van der Waals surface area (Å²) < 4.78 is 6.10. The Bertz CT molecular complexity index is 555. The predicted octanol–water partition coefficient (Wildman–Crippen LogP) is 3.01. The topological polar surface area (TPSA) is 75.4 Å². The summed E-state index contributed by atoms with van der Waals surface area (Å²) in [6, 6.07) is 3.43. The lowest BCUT2D eigenvalue weighted by Crippen LogP contribution is -2.19. The van der Waals surface area contributed by atoms with Gasteiger partial charge < -0.3 is 14.8 Å². The third-order valence-corrected chi connectivity index (χ3v) is 2.58. The van der Waals surface area contributed by atoms with E-state index in [-0.39, 0.29) is 12.4 Å². The Morgan fingerprint density at radius 2 is 2.38 bits per heavy atom. The van der Waals surface area contributed by atoms with E-state index in [1.54, 1.807) is 12.1 Å². The van der Waals surface area contributed by atoms with Crippen LogP contribution in [0.25, 0.3) is 11.1 Å². The lowest BCUT2D eigenvalue weighted by molar-refractivity contribution is 0.193. The van der Waals surface area contributed by atoms with Crippen LogP contribution in [0.5, 0.6) is 0 Å². The second-order valence-corrected chi connectivity index (χ2v) is 4.33. The lowest BCUT2D eigenvalue weighted by Gasteiger charge is -1.93. The molecule has 0 aliphatic carbocycles. The quantitative estimate of drug-likeness (QED) is 0.894. The van der Waals surface area contributed by atoms with Gasteiger partial charge in [-0.05, 0) is 12.1 Å². The van der Waals surface area contributed by atoms with Gasteiger partial charge in [-0.2, -0.15) is 0 Å². The summed E-state index contributed by atoms with van der Waals surface area (Å²) in [6.45, 7) is 0.0119. The fraction of sp³-hybridized carbons (Fsp3) is 0.111. The number of aromatic nitrogens is 1. The molecule has 0 atom stereocenters. The highest BCUT2D eigenvalue weighted by molar-refractivity contribution is 9.10. The van der Waals surface area contributed by atoms with Crippen molar-refractivity contribution in [2.75, 3.05) is 0 Å². The third kappa shape index (κ3) is 2.28. The molecule has 2 rings (SSSR count). The summed E-state index contributed by atoms with van der Waals surface area (Å²) in [6.07, 6.45) is -1.13. The van der Waals surface area contributed by atoms with Crippen molar-refractivity contribution in [3.8, 4) is 0 Å². The number of fused-ring (bicyclic) bond motifs is 1. The molecule has 2 aromatic rings. The second kappa shape index (κ2) is 4.31. The third-order valence-electron chi connectivity index (χ3n) is 1.84. The van der Waals surface area contributed by atoms with Gasteiger partial charge in [0.2, 0.25) is 5.89 Å². The van der Waals surface area contributed by atoms with Gasteiger partial charge >= 0.3 is 6.09 Å². The summed E-state index contributed by atoms with van der Waals surface area (Å²) in [5, 5.41) is 11.0. The molecule has 0 fully saturated rings. The van der Waals surface area contributed by atoms with Crippen molar-refractivity contribution in [1.29, 1.82) is 0 Å².